The van der Waals surface area contributed by atoms with Gasteiger partial charge >= 0.3 is 0 Å². The molecule has 0 saturated carbocycles. The Morgan fingerprint density at radius 1 is 1.43 bits per heavy atom. The summed E-state index contributed by atoms with van der Waals surface area (Å²) in [6.07, 6.45) is 1.18. The first-order valence-corrected chi connectivity index (χ1v) is 6.71. The Morgan fingerprint density at radius 2 is 2.10 bits per heavy atom. The van der Waals surface area contributed by atoms with E-state index in [1.165, 1.54) is 12.3 Å². The number of rotatable bonds is 8. The highest BCUT2D eigenvalue weighted by Crippen LogP contribution is 2.12. The van der Waals surface area contributed by atoms with Gasteiger partial charge in [-0.1, -0.05) is 6.92 Å². The highest BCUT2D eigenvalue weighted by Gasteiger charge is 2.18. The van der Waals surface area contributed by atoms with Gasteiger partial charge in [0.15, 0.2) is 5.78 Å². The third-order valence-electron chi connectivity index (χ3n) is 2.81. The van der Waals surface area contributed by atoms with Gasteiger partial charge < -0.3 is 10.3 Å². The van der Waals surface area contributed by atoms with Crippen LogP contribution in [0.1, 0.15) is 31.3 Å². The van der Waals surface area contributed by atoms with Crippen molar-refractivity contribution >= 4 is 17.4 Å². The second kappa shape index (κ2) is 7.53. The van der Waals surface area contributed by atoms with E-state index in [2.05, 4.69) is 10.3 Å². The average Bonchev–Trinajstić information content (AvgIpc) is 2.86. The molecule has 0 unspecified atom stereocenters. The van der Waals surface area contributed by atoms with Gasteiger partial charge in [-0.15, -0.1) is 0 Å². The van der Waals surface area contributed by atoms with Crippen LogP contribution in [0.3, 0.4) is 0 Å². The molecule has 0 aliphatic heterocycles. The Hall–Kier alpha value is -2.22. The number of hydrogen-bond acceptors (Lipinski definition) is 5. The van der Waals surface area contributed by atoms with Crippen LogP contribution in [0.25, 0.3) is 0 Å². The summed E-state index contributed by atoms with van der Waals surface area (Å²) in [5.74, 6) is -0.445. The molecule has 0 radical (unpaired) electrons. The molecule has 21 heavy (non-hydrogen) atoms. The fourth-order valence-electron chi connectivity index (χ4n) is 1.79. The fourth-order valence-corrected chi connectivity index (χ4v) is 1.79. The number of Topliss-reactive ketones (excluding diaryl/α,β-unsaturated/α-hetero) is 1. The minimum atomic E-state index is -0.569. The molecule has 0 aromatic carbocycles. The zero-order chi connectivity index (χ0) is 16.0. The molecule has 116 valence electrons. The van der Waals surface area contributed by atoms with E-state index < -0.39 is 4.92 Å². The molecule has 2 N–H and O–H groups in total. The van der Waals surface area contributed by atoms with Gasteiger partial charge in [0.25, 0.3) is 5.69 Å². The average molecular weight is 296 g/mol. The van der Waals surface area contributed by atoms with E-state index in [-0.39, 0.29) is 42.2 Å². The lowest BCUT2D eigenvalue weighted by atomic mass is 10.2. The summed E-state index contributed by atoms with van der Waals surface area (Å²) < 4.78 is 0. The summed E-state index contributed by atoms with van der Waals surface area (Å²) in [5, 5.41) is 13.3. The molecular weight excluding hydrogens is 276 g/mol. The molecule has 1 rings (SSSR count). The number of aromatic amines is 1. The molecule has 0 bridgehead atoms. The van der Waals surface area contributed by atoms with Gasteiger partial charge in [-0.25, -0.2) is 0 Å². The Balaban J connectivity index is 2.61. The number of hydrogen-bond donors (Lipinski definition) is 2. The van der Waals surface area contributed by atoms with E-state index in [1.54, 1.807) is 4.90 Å². The van der Waals surface area contributed by atoms with E-state index >= 15 is 0 Å². The molecule has 0 aliphatic rings. The lowest BCUT2D eigenvalue weighted by molar-refractivity contribution is -0.384. The van der Waals surface area contributed by atoms with Crippen molar-refractivity contribution in [2.75, 3.05) is 19.6 Å². The zero-order valence-corrected chi connectivity index (χ0v) is 12.4. The standard InChI is InChI=1S/C13H20N4O4/c1-4-16(8-13(19)15-9(2)3)7-12(18)11-5-10(6-14-11)17(20)21/h5-6,9,14H,4,7-8H2,1-3H3,(H,15,19). The molecule has 1 aromatic heterocycles. The minimum absolute atomic E-state index is 0.0275. The monoisotopic (exact) mass is 296 g/mol. The fraction of sp³-hybridized carbons (Fsp3) is 0.538. The van der Waals surface area contributed by atoms with Gasteiger partial charge in [-0.05, 0) is 20.4 Å². The number of H-pyrrole nitrogens is 1. The van der Waals surface area contributed by atoms with Crippen molar-refractivity contribution in [2.24, 2.45) is 0 Å². The van der Waals surface area contributed by atoms with E-state index in [1.807, 2.05) is 20.8 Å². The van der Waals surface area contributed by atoms with Crippen LogP contribution >= 0.6 is 0 Å². The summed E-state index contributed by atoms with van der Waals surface area (Å²) in [4.78, 5) is 38.0. The normalized spacial score (nSPS) is 10.9. The predicted octanol–water partition coefficient (Wildman–Crippen LogP) is 0.952. The molecule has 0 aliphatic carbocycles. The first kappa shape index (κ1) is 16.8. The van der Waals surface area contributed by atoms with Crippen molar-refractivity contribution in [3.05, 3.63) is 28.1 Å². The van der Waals surface area contributed by atoms with Gasteiger partial charge in [-0.3, -0.25) is 24.6 Å². The number of likely N-dealkylation sites (N-methyl/N-ethyl adjacent to an activating group) is 1. The van der Waals surface area contributed by atoms with E-state index in [9.17, 15) is 19.7 Å². The lowest BCUT2D eigenvalue weighted by Crippen LogP contribution is -2.41. The van der Waals surface area contributed by atoms with Crippen molar-refractivity contribution < 1.29 is 14.5 Å². The molecule has 1 amide bonds. The predicted molar refractivity (Wildman–Crippen MR) is 77.2 cm³/mol. The molecular formula is C13H20N4O4. The van der Waals surface area contributed by atoms with E-state index in [0.717, 1.165) is 0 Å². The van der Waals surface area contributed by atoms with E-state index in [4.69, 9.17) is 0 Å². The lowest BCUT2D eigenvalue weighted by Gasteiger charge is -2.19. The summed E-state index contributed by atoms with van der Waals surface area (Å²) in [6, 6.07) is 1.24. The van der Waals surface area contributed by atoms with Crippen LogP contribution in [0.15, 0.2) is 12.3 Å². The number of nitrogens with zero attached hydrogens (tertiary/aromatic N) is 2. The number of ketones is 1. The van der Waals surface area contributed by atoms with Crippen molar-refractivity contribution in [3.63, 3.8) is 0 Å². The number of carbonyl (C=O) groups excluding carboxylic acids is 2. The number of carbonyl (C=O) groups is 2. The summed E-state index contributed by atoms with van der Waals surface area (Å²) in [5.41, 5.74) is 0.0170. The second-order valence-electron chi connectivity index (χ2n) is 4.98. The maximum Gasteiger partial charge on any atom is 0.287 e. The zero-order valence-electron chi connectivity index (χ0n) is 12.4. The first-order valence-electron chi connectivity index (χ1n) is 6.71. The minimum Gasteiger partial charge on any atom is -0.353 e. The van der Waals surface area contributed by atoms with Crippen LogP contribution in [0, 0.1) is 10.1 Å². The highest BCUT2D eigenvalue weighted by atomic mass is 16.6. The molecule has 8 nitrogen and oxygen atoms in total. The Bertz CT molecular complexity index is 524. The third kappa shape index (κ3) is 5.35. The third-order valence-corrected chi connectivity index (χ3v) is 2.81. The van der Waals surface area contributed by atoms with Crippen LogP contribution in [-0.2, 0) is 4.79 Å². The van der Waals surface area contributed by atoms with Crippen molar-refractivity contribution in [3.8, 4) is 0 Å². The molecule has 0 spiro atoms. The molecule has 0 saturated heterocycles. The van der Waals surface area contributed by atoms with Crippen molar-refractivity contribution in [2.45, 2.75) is 26.8 Å². The van der Waals surface area contributed by atoms with Gasteiger partial charge in [0.05, 0.1) is 29.9 Å². The van der Waals surface area contributed by atoms with Gasteiger partial charge in [0.2, 0.25) is 5.91 Å². The van der Waals surface area contributed by atoms with Crippen LogP contribution in [0.5, 0.6) is 0 Å². The maximum atomic E-state index is 12.0. The van der Waals surface area contributed by atoms with Crippen LogP contribution in [0.4, 0.5) is 5.69 Å². The first-order chi connectivity index (χ1) is 9.83. The van der Waals surface area contributed by atoms with Crippen LogP contribution in [-0.4, -0.2) is 52.2 Å². The van der Waals surface area contributed by atoms with Crippen LogP contribution < -0.4 is 5.32 Å². The molecule has 0 atom stereocenters. The smallest absolute Gasteiger partial charge is 0.287 e. The molecule has 0 fully saturated rings. The quantitative estimate of drug-likeness (QED) is 0.422. The topological polar surface area (TPSA) is 108 Å². The Kier molecular flexibility index (Phi) is 6.04. The van der Waals surface area contributed by atoms with Gasteiger partial charge in [0, 0.05) is 12.1 Å². The molecule has 1 aromatic rings. The number of nitro groups is 1. The van der Waals surface area contributed by atoms with E-state index in [0.29, 0.717) is 6.54 Å². The maximum absolute atomic E-state index is 12.0. The SMILES string of the molecule is CCN(CC(=O)NC(C)C)CC(=O)c1cc([N+](=O)[O-])c[nH]1. The largest absolute Gasteiger partial charge is 0.353 e. The van der Waals surface area contributed by atoms with Gasteiger partial charge in [0.1, 0.15) is 0 Å². The molecule has 1 heterocycles. The van der Waals surface area contributed by atoms with Crippen LogP contribution in [0.2, 0.25) is 0 Å². The summed E-state index contributed by atoms with van der Waals surface area (Å²) >= 11 is 0. The second-order valence-corrected chi connectivity index (χ2v) is 4.98. The Labute approximate surface area is 122 Å². The number of nitrogens with one attached hydrogen (secondary N) is 2. The highest BCUT2D eigenvalue weighted by molar-refractivity contribution is 5.96. The van der Waals surface area contributed by atoms with Gasteiger partial charge in [-0.2, -0.15) is 0 Å². The van der Waals surface area contributed by atoms with Crippen molar-refractivity contribution in [1.82, 2.24) is 15.2 Å². The number of aromatic nitrogens is 1. The summed E-state index contributed by atoms with van der Waals surface area (Å²) in [7, 11) is 0. The number of amides is 1. The Morgan fingerprint density at radius 3 is 2.57 bits per heavy atom. The molecule has 8 heteroatoms. The van der Waals surface area contributed by atoms with Crippen molar-refractivity contribution in [1.29, 1.82) is 0 Å². The summed E-state index contributed by atoms with van der Waals surface area (Å²) in [6.45, 7) is 6.23.